The first-order chi connectivity index (χ1) is 8.20. The summed E-state index contributed by atoms with van der Waals surface area (Å²) < 4.78 is 0. The van der Waals surface area contributed by atoms with E-state index in [4.69, 9.17) is 0 Å². The SMILES string of the molecule is CCc1cc([N+](=O)[O-])ccc1NC1CCCC1. The molecule has 1 aromatic rings. The maximum Gasteiger partial charge on any atom is 0.269 e. The van der Waals surface area contributed by atoms with Gasteiger partial charge in [-0.1, -0.05) is 19.8 Å². The quantitative estimate of drug-likeness (QED) is 0.640. The topological polar surface area (TPSA) is 55.2 Å². The number of nitro groups is 1. The van der Waals surface area contributed by atoms with Crippen molar-refractivity contribution in [2.75, 3.05) is 5.32 Å². The second kappa shape index (κ2) is 5.17. The van der Waals surface area contributed by atoms with Gasteiger partial charge in [-0.15, -0.1) is 0 Å². The van der Waals surface area contributed by atoms with E-state index in [0.717, 1.165) is 17.7 Å². The summed E-state index contributed by atoms with van der Waals surface area (Å²) in [7, 11) is 0. The van der Waals surface area contributed by atoms with Gasteiger partial charge in [0.1, 0.15) is 0 Å². The molecule has 0 unspecified atom stereocenters. The first-order valence-corrected chi connectivity index (χ1v) is 6.24. The van der Waals surface area contributed by atoms with Crippen LogP contribution in [0.3, 0.4) is 0 Å². The Hall–Kier alpha value is -1.58. The van der Waals surface area contributed by atoms with E-state index in [1.54, 1.807) is 12.1 Å². The van der Waals surface area contributed by atoms with Crippen LogP contribution < -0.4 is 5.32 Å². The maximum absolute atomic E-state index is 10.7. The lowest BCUT2D eigenvalue weighted by atomic mass is 10.1. The van der Waals surface area contributed by atoms with Crippen LogP contribution in [-0.4, -0.2) is 11.0 Å². The maximum atomic E-state index is 10.7. The second-order valence-electron chi connectivity index (χ2n) is 4.58. The van der Waals surface area contributed by atoms with Gasteiger partial charge in [0.25, 0.3) is 5.69 Å². The van der Waals surface area contributed by atoms with Crippen LogP contribution in [0.5, 0.6) is 0 Å². The van der Waals surface area contributed by atoms with Crippen molar-refractivity contribution >= 4 is 11.4 Å². The molecule has 0 spiro atoms. The van der Waals surface area contributed by atoms with E-state index >= 15 is 0 Å². The molecule has 1 aliphatic rings. The van der Waals surface area contributed by atoms with E-state index in [2.05, 4.69) is 5.32 Å². The molecule has 0 saturated heterocycles. The normalized spacial score (nSPS) is 16.1. The van der Waals surface area contributed by atoms with Crippen molar-refractivity contribution in [2.24, 2.45) is 0 Å². The molecule has 1 N–H and O–H groups in total. The highest BCUT2D eigenvalue weighted by Crippen LogP contribution is 2.27. The highest BCUT2D eigenvalue weighted by molar-refractivity contribution is 5.56. The predicted molar refractivity (Wildman–Crippen MR) is 68.4 cm³/mol. The van der Waals surface area contributed by atoms with Crippen LogP contribution in [0.15, 0.2) is 18.2 Å². The third-order valence-corrected chi connectivity index (χ3v) is 3.40. The summed E-state index contributed by atoms with van der Waals surface area (Å²) in [5, 5.41) is 14.2. The van der Waals surface area contributed by atoms with Crippen LogP contribution in [0, 0.1) is 10.1 Å². The molecule has 17 heavy (non-hydrogen) atoms. The molecule has 1 fully saturated rings. The molecule has 1 aliphatic carbocycles. The molecule has 2 rings (SSSR count). The zero-order chi connectivity index (χ0) is 12.3. The van der Waals surface area contributed by atoms with Gasteiger partial charge in [0, 0.05) is 23.9 Å². The largest absolute Gasteiger partial charge is 0.382 e. The first kappa shape index (κ1) is 11.9. The number of rotatable bonds is 4. The lowest BCUT2D eigenvalue weighted by Crippen LogP contribution is -2.15. The Kier molecular flexibility index (Phi) is 3.61. The number of anilines is 1. The summed E-state index contributed by atoms with van der Waals surface area (Å²) in [6, 6.07) is 5.64. The lowest BCUT2D eigenvalue weighted by Gasteiger charge is -2.16. The van der Waals surface area contributed by atoms with E-state index in [0.29, 0.717) is 6.04 Å². The molecule has 0 aliphatic heterocycles. The molecule has 1 saturated carbocycles. The fourth-order valence-corrected chi connectivity index (χ4v) is 2.42. The third kappa shape index (κ3) is 2.75. The standard InChI is InChI=1S/C13H18N2O2/c1-2-10-9-12(15(16)17)7-8-13(10)14-11-5-3-4-6-11/h7-9,11,14H,2-6H2,1H3. The van der Waals surface area contributed by atoms with Crippen LogP contribution in [0.25, 0.3) is 0 Å². The summed E-state index contributed by atoms with van der Waals surface area (Å²) in [6.07, 6.45) is 5.80. The van der Waals surface area contributed by atoms with Crippen molar-refractivity contribution in [1.29, 1.82) is 0 Å². The zero-order valence-electron chi connectivity index (χ0n) is 10.1. The van der Waals surface area contributed by atoms with E-state index in [-0.39, 0.29) is 10.6 Å². The number of hydrogen-bond donors (Lipinski definition) is 1. The Morgan fingerprint density at radius 2 is 2.12 bits per heavy atom. The minimum absolute atomic E-state index is 0.179. The van der Waals surface area contributed by atoms with Gasteiger partial charge >= 0.3 is 0 Å². The highest BCUT2D eigenvalue weighted by Gasteiger charge is 2.16. The van der Waals surface area contributed by atoms with Crippen molar-refractivity contribution in [3.05, 3.63) is 33.9 Å². The van der Waals surface area contributed by atoms with Crippen molar-refractivity contribution in [2.45, 2.75) is 45.1 Å². The van der Waals surface area contributed by atoms with Gasteiger partial charge in [0.2, 0.25) is 0 Å². The molecule has 1 aromatic carbocycles. The Labute approximate surface area is 101 Å². The van der Waals surface area contributed by atoms with Crippen LogP contribution in [0.1, 0.15) is 38.2 Å². The number of nitro benzene ring substituents is 1. The van der Waals surface area contributed by atoms with Crippen LogP contribution in [-0.2, 0) is 6.42 Å². The van der Waals surface area contributed by atoms with Crippen LogP contribution in [0.2, 0.25) is 0 Å². The Morgan fingerprint density at radius 3 is 2.71 bits per heavy atom. The van der Waals surface area contributed by atoms with Gasteiger partial charge in [0.05, 0.1) is 4.92 Å². The number of aryl methyl sites for hydroxylation is 1. The molecule has 0 atom stereocenters. The van der Waals surface area contributed by atoms with Gasteiger partial charge in [-0.3, -0.25) is 10.1 Å². The van der Waals surface area contributed by atoms with Crippen molar-refractivity contribution in [1.82, 2.24) is 0 Å². The van der Waals surface area contributed by atoms with Crippen molar-refractivity contribution in [3.8, 4) is 0 Å². The number of nitrogens with one attached hydrogen (secondary N) is 1. The first-order valence-electron chi connectivity index (χ1n) is 6.24. The van der Waals surface area contributed by atoms with Crippen LogP contribution >= 0.6 is 0 Å². The van der Waals surface area contributed by atoms with Gasteiger partial charge in [0.15, 0.2) is 0 Å². The Morgan fingerprint density at radius 1 is 1.41 bits per heavy atom. The summed E-state index contributed by atoms with van der Waals surface area (Å²) >= 11 is 0. The molecule has 0 heterocycles. The van der Waals surface area contributed by atoms with E-state index in [1.807, 2.05) is 13.0 Å². The number of hydrogen-bond acceptors (Lipinski definition) is 3. The smallest absolute Gasteiger partial charge is 0.269 e. The van der Waals surface area contributed by atoms with Crippen LogP contribution in [0.4, 0.5) is 11.4 Å². The Balaban J connectivity index is 2.18. The van der Waals surface area contributed by atoms with Gasteiger partial charge in [-0.2, -0.15) is 0 Å². The minimum atomic E-state index is -0.335. The average Bonchev–Trinajstić information content (AvgIpc) is 2.82. The zero-order valence-corrected chi connectivity index (χ0v) is 10.1. The summed E-state index contributed by atoms with van der Waals surface area (Å²) in [5.74, 6) is 0. The van der Waals surface area contributed by atoms with E-state index in [9.17, 15) is 10.1 Å². The molecule has 0 radical (unpaired) electrons. The molecular weight excluding hydrogens is 216 g/mol. The number of non-ortho nitro benzene ring substituents is 1. The monoisotopic (exact) mass is 234 g/mol. The average molecular weight is 234 g/mol. The molecular formula is C13H18N2O2. The summed E-state index contributed by atoms with van der Waals surface area (Å²) in [6.45, 7) is 2.03. The fourth-order valence-electron chi connectivity index (χ4n) is 2.42. The van der Waals surface area contributed by atoms with Gasteiger partial charge < -0.3 is 5.32 Å². The van der Waals surface area contributed by atoms with Gasteiger partial charge in [-0.25, -0.2) is 0 Å². The molecule has 92 valence electrons. The molecule has 0 amide bonds. The molecule has 4 heteroatoms. The van der Waals surface area contributed by atoms with E-state index < -0.39 is 0 Å². The highest BCUT2D eigenvalue weighted by atomic mass is 16.6. The second-order valence-corrected chi connectivity index (χ2v) is 4.58. The molecule has 4 nitrogen and oxygen atoms in total. The Bertz CT molecular complexity index is 412. The van der Waals surface area contributed by atoms with Gasteiger partial charge in [-0.05, 0) is 30.9 Å². The van der Waals surface area contributed by atoms with Crippen molar-refractivity contribution < 1.29 is 4.92 Å². The molecule has 0 bridgehead atoms. The predicted octanol–water partition coefficient (Wildman–Crippen LogP) is 3.51. The summed E-state index contributed by atoms with van der Waals surface area (Å²) in [4.78, 5) is 10.4. The fraction of sp³-hybridized carbons (Fsp3) is 0.538. The number of benzene rings is 1. The summed E-state index contributed by atoms with van der Waals surface area (Å²) in [5.41, 5.74) is 2.27. The molecule has 0 aromatic heterocycles. The van der Waals surface area contributed by atoms with E-state index in [1.165, 1.54) is 25.7 Å². The van der Waals surface area contributed by atoms with Crippen molar-refractivity contribution in [3.63, 3.8) is 0 Å². The lowest BCUT2D eigenvalue weighted by molar-refractivity contribution is -0.384. The third-order valence-electron chi connectivity index (χ3n) is 3.40. The number of nitrogens with zero attached hydrogens (tertiary/aromatic N) is 1. The minimum Gasteiger partial charge on any atom is -0.382 e.